The van der Waals surface area contributed by atoms with E-state index >= 15 is 0 Å². The number of carboxylic acid groups (broad SMARTS) is 1. The maximum atomic E-state index is 12.1. The summed E-state index contributed by atoms with van der Waals surface area (Å²) in [7, 11) is 0. The van der Waals surface area contributed by atoms with Crippen molar-refractivity contribution in [1.82, 2.24) is 9.88 Å². The minimum Gasteiger partial charge on any atom is -0.480 e. The van der Waals surface area contributed by atoms with Crippen molar-refractivity contribution >= 4 is 46.7 Å². The molecule has 5 nitrogen and oxygen atoms in total. The fraction of sp³-hybridized carbons (Fsp3) is 0.583. The van der Waals surface area contributed by atoms with Crippen molar-refractivity contribution in [1.29, 1.82) is 0 Å². The Balaban J connectivity index is 1.82. The zero-order valence-corrected chi connectivity index (χ0v) is 13.5. The van der Waals surface area contributed by atoms with Gasteiger partial charge in [0, 0.05) is 29.2 Å². The molecule has 0 spiro atoms. The molecular weight excluding hydrogens is 316 g/mol. The number of carboxylic acids is 1. The summed E-state index contributed by atoms with van der Waals surface area (Å²) in [4.78, 5) is 29.1. The molecule has 1 aromatic heterocycles. The van der Waals surface area contributed by atoms with Crippen molar-refractivity contribution in [2.75, 3.05) is 23.8 Å². The number of thioether (sulfide) groups is 2. The maximum absolute atomic E-state index is 12.1. The Morgan fingerprint density at radius 1 is 1.60 bits per heavy atom. The topological polar surface area (TPSA) is 70.5 Å². The molecule has 0 aromatic carbocycles. The first-order chi connectivity index (χ1) is 9.58. The van der Waals surface area contributed by atoms with Crippen LogP contribution in [0, 0.1) is 6.92 Å². The van der Waals surface area contributed by atoms with Gasteiger partial charge in [0.25, 0.3) is 0 Å². The summed E-state index contributed by atoms with van der Waals surface area (Å²) < 4.78 is 0. The molecule has 2 rings (SSSR count). The highest BCUT2D eigenvalue weighted by Gasteiger charge is 2.31. The van der Waals surface area contributed by atoms with Gasteiger partial charge in [0.15, 0.2) is 0 Å². The second-order valence-corrected chi connectivity index (χ2v) is 7.56. The SMILES string of the molecule is Cc1nc(CSCC(=O)N2CCSCC2C(=O)O)cs1. The fourth-order valence-electron chi connectivity index (χ4n) is 1.91. The molecule has 1 N–H and O–H groups in total. The molecule has 8 heteroatoms. The lowest BCUT2D eigenvalue weighted by atomic mass is 10.2. The van der Waals surface area contributed by atoms with E-state index in [9.17, 15) is 9.59 Å². The van der Waals surface area contributed by atoms with Crippen molar-refractivity contribution in [2.24, 2.45) is 0 Å². The molecule has 0 bridgehead atoms. The van der Waals surface area contributed by atoms with Gasteiger partial charge in [-0.15, -0.1) is 23.1 Å². The predicted molar refractivity (Wildman–Crippen MR) is 83.5 cm³/mol. The van der Waals surface area contributed by atoms with Gasteiger partial charge in [-0.05, 0) is 6.92 Å². The molecule has 1 aliphatic rings. The minimum atomic E-state index is -0.911. The lowest BCUT2D eigenvalue weighted by Gasteiger charge is -2.32. The van der Waals surface area contributed by atoms with Crippen LogP contribution in [0.5, 0.6) is 0 Å². The van der Waals surface area contributed by atoms with Crippen LogP contribution in [-0.4, -0.2) is 56.7 Å². The van der Waals surface area contributed by atoms with E-state index in [0.717, 1.165) is 16.5 Å². The number of aromatic nitrogens is 1. The molecule has 2 heterocycles. The number of carbonyl (C=O) groups is 2. The predicted octanol–water partition coefficient (Wildman–Crippen LogP) is 1.71. The first-order valence-corrected chi connectivity index (χ1v) is 9.35. The van der Waals surface area contributed by atoms with Gasteiger partial charge in [0.1, 0.15) is 6.04 Å². The fourth-order valence-corrected chi connectivity index (χ4v) is 4.46. The second kappa shape index (κ2) is 7.33. The molecule has 1 aromatic rings. The Hall–Kier alpha value is -0.730. The molecular formula is C12H16N2O3S3. The van der Waals surface area contributed by atoms with E-state index < -0.39 is 12.0 Å². The molecule has 1 amide bonds. The quantitative estimate of drug-likeness (QED) is 0.885. The Bertz CT molecular complexity index is 492. The van der Waals surface area contributed by atoms with Crippen molar-refractivity contribution in [2.45, 2.75) is 18.7 Å². The summed E-state index contributed by atoms with van der Waals surface area (Å²) in [6, 6.07) is -0.677. The molecule has 0 radical (unpaired) electrons. The van der Waals surface area contributed by atoms with Crippen LogP contribution < -0.4 is 0 Å². The first-order valence-electron chi connectivity index (χ1n) is 6.16. The minimum absolute atomic E-state index is 0.0883. The molecule has 1 aliphatic heterocycles. The molecule has 110 valence electrons. The Morgan fingerprint density at radius 3 is 3.05 bits per heavy atom. The van der Waals surface area contributed by atoms with Crippen LogP contribution in [0.4, 0.5) is 0 Å². The first kappa shape index (κ1) is 15.7. The number of thiazole rings is 1. The normalized spacial score (nSPS) is 19.1. The maximum Gasteiger partial charge on any atom is 0.327 e. The highest BCUT2D eigenvalue weighted by atomic mass is 32.2. The standard InChI is InChI=1S/C12H16N2O3S3/c1-8-13-9(5-20-8)4-19-7-11(15)14-2-3-18-6-10(14)12(16)17/h5,10H,2-4,6-7H2,1H3,(H,16,17). The number of hydrogen-bond donors (Lipinski definition) is 1. The largest absolute Gasteiger partial charge is 0.480 e. The average Bonchev–Trinajstić information content (AvgIpc) is 2.84. The van der Waals surface area contributed by atoms with Gasteiger partial charge in [0.2, 0.25) is 5.91 Å². The van der Waals surface area contributed by atoms with E-state index in [1.165, 1.54) is 16.7 Å². The molecule has 1 atom stereocenters. The molecule has 1 saturated heterocycles. The number of rotatable bonds is 5. The van der Waals surface area contributed by atoms with Crippen LogP contribution in [0.3, 0.4) is 0 Å². The Labute approximate surface area is 130 Å². The number of hydrogen-bond acceptors (Lipinski definition) is 6. The lowest BCUT2D eigenvalue weighted by molar-refractivity contribution is -0.148. The zero-order valence-electron chi connectivity index (χ0n) is 11.1. The number of amides is 1. The van der Waals surface area contributed by atoms with Crippen molar-refractivity contribution in [3.8, 4) is 0 Å². The summed E-state index contributed by atoms with van der Waals surface area (Å²) in [6.45, 7) is 2.48. The number of aryl methyl sites for hydroxylation is 1. The second-order valence-electron chi connectivity index (χ2n) is 4.37. The van der Waals surface area contributed by atoms with Crippen LogP contribution in [0.25, 0.3) is 0 Å². The van der Waals surface area contributed by atoms with E-state index in [4.69, 9.17) is 5.11 Å². The Morgan fingerprint density at radius 2 is 2.40 bits per heavy atom. The van der Waals surface area contributed by atoms with Crippen LogP contribution >= 0.6 is 34.9 Å². The van der Waals surface area contributed by atoms with E-state index in [1.807, 2.05) is 12.3 Å². The smallest absolute Gasteiger partial charge is 0.327 e. The van der Waals surface area contributed by atoms with Gasteiger partial charge in [0.05, 0.1) is 16.5 Å². The number of carbonyl (C=O) groups excluding carboxylic acids is 1. The summed E-state index contributed by atoms with van der Waals surface area (Å²) in [6.07, 6.45) is 0. The average molecular weight is 332 g/mol. The van der Waals surface area contributed by atoms with E-state index in [-0.39, 0.29) is 5.91 Å². The third-order valence-corrected chi connectivity index (χ3v) is 5.67. The van der Waals surface area contributed by atoms with Crippen molar-refractivity contribution < 1.29 is 14.7 Å². The van der Waals surface area contributed by atoms with Crippen LogP contribution in [0.2, 0.25) is 0 Å². The summed E-state index contributed by atoms with van der Waals surface area (Å²) in [5, 5.41) is 12.2. The number of nitrogens with zero attached hydrogens (tertiary/aromatic N) is 2. The van der Waals surface area contributed by atoms with Crippen LogP contribution in [0.15, 0.2) is 5.38 Å². The number of aliphatic carboxylic acids is 1. The van der Waals surface area contributed by atoms with Gasteiger partial charge in [-0.3, -0.25) is 4.79 Å². The third kappa shape index (κ3) is 4.13. The highest BCUT2D eigenvalue weighted by Crippen LogP contribution is 2.20. The van der Waals surface area contributed by atoms with E-state index in [1.54, 1.807) is 23.1 Å². The van der Waals surface area contributed by atoms with Gasteiger partial charge < -0.3 is 10.0 Å². The zero-order chi connectivity index (χ0) is 14.5. The van der Waals surface area contributed by atoms with Gasteiger partial charge in [-0.25, -0.2) is 9.78 Å². The van der Waals surface area contributed by atoms with Gasteiger partial charge in [-0.2, -0.15) is 11.8 Å². The summed E-state index contributed by atoms with van der Waals surface area (Å²) >= 11 is 4.67. The van der Waals surface area contributed by atoms with Crippen LogP contribution in [-0.2, 0) is 15.3 Å². The van der Waals surface area contributed by atoms with Crippen LogP contribution in [0.1, 0.15) is 10.7 Å². The van der Waals surface area contributed by atoms with Crippen molar-refractivity contribution in [3.63, 3.8) is 0 Å². The summed E-state index contributed by atoms with van der Waals surface area (Å²) in [5.41, 5.74) is 0.981. The summed E-state index contributed by atoms with van der Waals surface area (Å²) in [5.74, 6) is 1.30. The lowest BCUT2D eigenvalue weighted by Crippen LogP contribution is -2.50. The van der Waals surface area contributed by atoms with Gasteiger partial charge in [-0.1, -0.05) is 0 Å². The van der Waals surface area contributed by atoms with Crippen molar-refractivity contribution in [3.05, 3.63) is 16.1 Å². The molecule has 1 fully saturated rings. The van der Waals surface area contributed by atoms with Gasteiger partial charge >= 0.3 is 5.97 Å². The molecule has 0 saturated carbocycles. The van der Waals surface area contributed by atoms with E-state index in [0.29, 0.717) is 23.8 Å². The third-order valence-electron chi connectivity index (χ3n) is 2.88. The van der Waals surface area contributed by atoms with E-state index in [2.05, 4.69) is 4.98 Å². The molecule has 20 heavy (non-hydrogen) atoms. The molecule has 0 aliphatic carbocycles. The monoisotopic (exact) mass is 332 g/mol. The molecule has 1 unspecified atom stereocenters. The Kier molecular flexibility index (Phi) is 5.74. The highest BCUT2D eigenvalue weighted by molar-refractivity contribution is 7.99.